The molecule has 0 amide bonds. The summed E-state index contributed by atoms with van der Waals surface area (Å²) in [7, 11) is 1.41. The lowest BCUT2D eigenvalue weighted by Gasteiger charge is -2.23. The van der Waals surface area contributed by atoms with Crippen LogP contribution >= 0.6 is 11.6 Å². The molecule has 1 fully saturated rings. The molecule has 0 radical (unpaired) electrons. The lowest BCUT2D eigenvalue weighted by atomic mass is 9.84. The highest BCUT2D eigenvalue weighted by atomic mass is 35.5. The summed E-state index contributed by atoms with van der Waals surface area (Å²) in [6, 6.07) is 8.04. The third-order valence-electron chi connectivity index (χ3n) is 6.15. The van der Waals surface area contributed by atoms with Crippen molar-refractivity contribution in [2.24, 2.45) is 5.92 Å². The molecule has 0 bridgehead atoms. The number of unbranched alkanes of at least 4 members (excludes halogenated alkanes) is 3. The maximum absolute atomic E-state index is 11.2. The van der Waals surface area contributed by atoms with E-state index < -0.39 is 12.2 Å². The largest absolute Gasteiger partial charge is 0.469 e. The van der Waals surface area contributed by atoms with Crippen molar-refractivity contribution in [3.63, 3.8) is 0 Å². The summed E-state index contributed by atoms with van der Waals surface area (Å²) >= 11 is 6.58. The number of hydrogen-bond acceptors (Lipinski definition) is 4. The van der Waals surface area contributed by atoms with Crippen molar-refractivity contribution in [1.29, 1.82) is 0 Å². The molecule has 0 spiro atoms. The fourth-order valence-electron chi connectivity index (χ4n) is 4.36. The second kappa shape index (κ2) is 13.1. The van der Waals surface area contributed by atoms with E-state index in [1.54, 1.807) is 0 Å². The average molecular weight is 437 g/mol. The molecule has 30 heavy (non-hydrogen) atoms. The van der Waals surface area contributed by atoms with E-state index in [1.807, 2.05) is 24.3 Å². The predicted octanol–water partition coefficient (Wildman–Crippen LogP) is 5.66. The quantitative estimate of drug-likeness (QED) is 0.192. The van der Waals surface area contributed by atoms with Gasteiger partial charge in [0.2, 0.25) is 0 Å². The number of benzene rings is 1. The second-order valence-corrected chi connectivity index (χ2v) is 8.92. The lowest BCUT2D eigenvalue weighted by molar-refractivity contribution is -0.140. The van der Waals surface area contributed by atoms with Gasteiger partial charge in [-0.2, -0.15) is 0 Å². The van der Waals surface area contributed by atoms with Crippen LogP contribution in [0.25, 0.3) is 0 Å². The Kier molecular flexibility index (Phi) is 10.9. The third kappa shape index (κ3) is 7.40. The van der Waals surface area contributed by atoms with Gasteiger partial charge in [0.15, 0.2) is 0 Å². The summed E-state index contributed by atoms with van der Waals surface area (Å²) in [6.45, 7) is 2.16. The number of aliphatic hydroxyl groups excluding tert-OH is 2. The molecule has 168 valence electrons. The van der Waals surface area contributed by atoms with Crippen molar-refractivity contribution in [1.82, 2.24) is 0 Å². The fourth-order valence-corrected chi connectivity index (χ4v) is 4.80. The Bertz CT molecular complexity index is 658. The third-order valence-corrected chi connectivity index (χ3v) is 6.65. The minimum Gasteiger partial charge on any atom is -0.469 e. The summed E-state index contributed by atoms with van der Waals surface area (Å²) in [5.74, 6) is -0.0144. The van der Waals surface area contributed by atoms with Crippen molar-refractivity contribution in [2.75, 3.05) is 7.11 Å². The molecule has 4 nitrogen and oxygen atoms in total. The Morgan fingerprint density at radius 1 is 1.23 bits per heavy atom. The first-order valence-corrected chi connectivity index (χ1v) is 11.7. The van der Waals surface area contributed by atoms with Crippen LogP contribution < -0.4 is 0 Å². The van der Waals surface area contributed by atoms with Crippen LogP contribution in [0.3, 0.4) is 0 Å². The van der Waals surface area contributed by atoms with Gasteiger partial charge in [-0.1, -0.05) is 62.6 Å². The van der Waals surface area contributed by atoms with E-state index in [4.69, 9.17) is 11.6 Å². The van der Waals surface area contributed by atoms with Gasteiger partial charge in [-0.15, -0.1) is 11.6 Å². The van der Waals surface area contributed by atoms with Crippen LogP contribution in [0.4, 0.5) is 0 Å². The van der Waals surface area contributed by atoms with Gasteiger partial charge in [0.05, 0.1) is 19.3 Å². The maximum Gasteiger partial charge on any atom is 0.305 e. The Balaban J connectivity index is 1.94. The van der Waals surface area contributed by atoms with Crippen LogP contribution in [0.5, 0.6) is 0 Å². The van der Waals surface area contributed by atoms with Crippen molar-refractivity contribution in [2.45, 2.75) is 88.2 Å². The lowest BCUT2D eigenvalue weighted by Crippen LogP contribution is -2.18. The highest BCUT2D eigenvalue weighted by Gasteiger charge is 2.41. The monoisotopic (exact) mass is 436 g/mol. The molecule has 1 saturated carbocycles. The average Bonchev–Trinajstić information content (AvgIpc) is 3.03. The van der Waals surface area contributed by atoms with E-state index in [1.165, 1.54) is 7.11 Å². The number of rotatable bonds is 12. The first-order chi connectivity index (χ1) is 14.5. The Hall–Kier alpha value is -1.36. The number of esters is 1. The molecule has 0 saturated heterocycles. The minimum atomic E-state index is -0.453. The number of carbonyl (C=O) groups excluding carboxylic acids is 1. The highest BCUT2D eigenvalue weighted by Crippen LogP contribution is 2.45. The van der Waals surface area contributed by atoms with Crippen LogP contribution in [-0.2, 0) is 9.53 Å². The number of aliphatic hydroxyl groups is 2. The number of halogens is 1. The molecular weight excluding hydrogens is 400 g/mol. The van der Waals surface area contributed by atoms with Crippen LogP contribution in [0, 0.1) is 5.92 Å². The predicted molar refractivity (Wildman–Crippen MR) is 122 cm³/mol. The molecule has 1 aliphatic carbocycles. The van der Waals surface area contributed by atoms with E-state index >= 15 is 0 Å². The first-order valence-electron chi connectivity index (χ1n) is 11.3. The molecule has 1 aliphatic rings. The van der Waals surface area contributed by atoms with Gasteiger partial charge < -0.3 is 14.9 Å². The molecule has 0 aromatic heterocycles. The first kappa shape index (κ1) is 24.9. The van der Waals surface area contributed by atoms with Crippen LogP contribution in [0.1, 0.15) is 87.9 Å². The van der Waals surface area contributed by atoms with Crippen molar-refractivity contribution >= 4 is 17.6 Å². The van der Waals surface area contributed by atoms with E-state index in [0.717, 1.165) is 56.1 Å². The zero-order valence-corrected chi connectivity index (χ0v) is 19.1. The fraction of sp³-hybridized carbons (Fsp3) is 0.640. The summed E-state index contributed by atoms with van der Waals surface area (Å²) in [4.78, 5) is 11.2. The molecule has 1 unspecified atom stereocenters. The molecule has 5 atom stereocenters. The number of ether oxygens (including phenoxy) is 1. The topological polar surface area (TPSA) is 66.8 Å². The Labute approximate surface area is 186 Å². The van der Waals surface area contributed by atoms with Crippen molar-refractivity contribution in [3.05, 3.63) is 47.5 Å². The summed E-state index contributed by atoms with van der Waals surface area (Å²) in [5.41, 5.74) is 2.02. The summed E-state index contributed by atoms with van der Waals surface area (Å²) in [5, 5.41) is 20.9. The summed E-state index contributed by atoms with van der Waals surface area (Å²) < 4.78 is 4.65. The molecule has 1 aromatic rings. The number of alkyl halides is 1. The molecule has 0 heterocycles. The van der Waals surface area contributed by atoms with Gasteiger partial charge in [-0.25, -0.2) is 0 Å². The number of hydrogen-bond donors (Lipinski definition) is 2. The van der Waals surface area contributed by atoms with Crippen molar-refractivity contribution < 1.29 is 19.7 Å². The highest BCUT2D eigenvalue weighted by molar-refractivity contribution is 6.21. The SMILES string of the molecule is CCCCCC(O)c1ccc([C@@H]2[C@@H](CC=CCCCC(=O)OC)[C@@H](Cl)C[C@H]2O)cc1. The Morgan fingerprint density at radius 2 is 1.97 bits per heavy atom. The maximum atomic E-state index is 11.2. The van der Waals surface area contributed by atoms with Crippen LogP contribution in [-0.4, -0.2) is 34.8 Å². The van der Waals surface area contributed by atoms with Crippen molar-refractivity contribution in [3.8, 4) is 0 Å². The zero-order valence-electron chi connectivity index (χ0n) is 18.3. The van der Waals surface area contributed by atoms with E-state index in [2.05, 4.69) is 23.8 Å². The van der Waals surface area contributed by atoms with Gasteiger partial charge in [0.1, 0.15) is 0 Å². The standard InChI is InChI=1S/C25H37ClO4/c1-3-4-7-11-22(27)18-13-15-19(16-14-18)25-20(21(26)17-23(25)28)10-8-5-6-9-12-24(29)30-2/h5,8,13-16,20-23,25,27-28H,3-4,6-7,9-12,17H2,1-2H3/t20-,21-,22?,23+,25+/m0/s1. The number of carbonyl (C=O) groups is 1. The number of methoxy groups -OCH3 is 1. The number of allylic oxidation sites excluding steroid dienone is 2. The zero-order chi connectivity index (χ0) is 21.9. The Morgan fingerprint density at radius 3 is 2.63 bits per heavy atom. The molecule has 1 aromatic carbocycles. The van der Waals surface area contributed by atoms with Gasteiger partial charge in [0, 0.05) is 17.7 Å². The second-order valence-electron chi connectivity index (χ2n) is 8.36. The normalized spacial score (nSPS) is 25.0. The summed E-state index contributed by atoms with van der Waals surface area (Å²) in [6.07, 6.45) is 10.8. The van der Waals surface area contributed by atoms with Gasteiger partial charge in [0.25, 0.3) is 0 Å². The minimum absolute atomic E-state index is 0.00139. The molecule has 2 N–H and O–H groups in total. The van der Waals surface area contributed by atoms with E-state index in [9.17, 15) is 15.0 Å². The van der Waals surface area contributed by atoms with Crippen LogP contribution in [0.2, 0.25) is 0 Å². The van der Waals surface area contributed by atoms with Gasteiger partial charge >= 0.3 is 5.97 Å². The molecule has 5 heteroatoms. The van der Waals surface area contributed by atoms with E-state index in [0.29, 0.717) is 12.8 Å². The molecule has 2 rings (SSSR count). The molecule has 0 aliphatic heterocycles. The molecular formula is C25H37ClO4. The smallest absolute Gasteiger partial charge is 0.305 e. The van der Waals surface area contributed by atoms with Gasteiger partial charge in [-0.3, -0.25) is 4.79 Å². The van der Waals surface area contributed by atoms with Gasteiger partial charge in [-0.05, 0) is 49.1 Å². The van der Waals surface area contributed by atoms with Crippen LogP contribution in [0.15, 0.2) is 36.4 Å². The van der Waals surface area contributed by atoms with E-state index in [-0.39, 0.29) is 23.2 Å².